The lowest BCUT2D eigenvalue weighted by Crippen LogP contribution is -2.41. The summed E-state index contributed by atoms with van der Waals surface area (Å²) >= 11 is 3.18. The monoisotopic (exact) mass is 315 g/mol. The summed E-state index contributed by atoms with van der Waals surface area (Å²) in [6.45, 7) is 4.58. The van der Waals surface area contributed by atoms with Gasteiger partial charge in [-0.2, -0.15) is 0 Å². The predicted molar refractivity (Wildman–Crippen MR) is 70.7 cm³/mol. The molecule has 2 unspecified atom stereocenters. The van der Waals surface area contributed by atoms with Crippen molar-refractivity contribution in [3.05, 3.63) is 26.9 Å². The maximum absolute atomic E-state index is 11.0. The summed E-state index contributed by atoms with van der Waals surface area (Å²) in [5.74, 6) is 0.281. The quantitative estimate of drug-likeness (QED) is 0.685. The molecule has 0 radical (unpaired) electrons. The largest absolute Gasteiger partial charge is 0.376 e. The van der Waals surface area contributed by atoms with Crippen molar-refractivity contribution in [2.45, 2.75) is 31.9 Å². The number of hydrogen-bond donors (Lipinski definition) is 1. The van der Waals surface area contributed by atoms with Crippen molar-refractivity contribution >= 4 is 27.4 Å². The van der Waals surface area contributed by atoms with Gasteiger partial charge < -0.3 is 10.1 Å². The molecule has 1 fully saturated rings. The van der Waals surface area contributed by atoms with Gasteiger partial charge >= 0.3 is 5.69 Å². The van der Waals surface area contributed by atoms with E-state index in [9.17, 15) is 10.1 Å². The van der Waals surface area contributed by atoms with Crippen molar-refractivity contribution in [1.82, 2.24) is 4.98 Å². The molecule has 1 aliphatic heterocycles. The number of ether oxygens (including phenoxy) is 1. The second-order valence-electron chi connectivity index (χ2n) is 4.58. The number of rotatable bonds is 3. The molecule has 1 saturated heterocycles. The lowest BCUT2D eigenvalue weighted by molar-refractivity contribution is -0.384. The van der Waals surface area contributed by atoms with Gasteiger partial charge in [0.1, 0.15) is 0 Å². The molecule has 98 valence electrons. The van der Waals surface area contributed by atoms with Crippen LogP contribution in [0.4, 0.5) is 11.5 Å². The van der Waals surface area contributed by atoms with E-state index in [1.165, 1.54) is 6.07 Å². The van der Waals surface area contributed by atoms with Gasteiger partial charge in [0.15, 0.2) is 0 Å². The molecule has 6 nitrogen and oxygen atoms in total. The van der Waals surface area contributed by atoms with Crippen LogP contribution in [0.15, 0.2) is 16.7 Å². The predicted octanol–water partition coefficient (Wildman–Crippen LogP) is 2.73. The van der Waals surface area contributed by atoms with Gasteiger partial charge in [0.2, 0.25) is 5.82 Å². The van der Waals surface area contributed by atoms with Crippen molar-refractivity contribution in [1.29, 1.82) is 0 Å². The van der Waals surface area contributed by atoms with Crippen molar-refractivity contribution in [3.8, 4) is 0 Å². The molecule has 7 heteroatoms. The van der Waals surface area contributed by atoms with E-state index < -0.39 is 4.92 Å². The molecule has 2 heterocycles. The molecule has 2 atom stereocenters. The molecule has 0 spiro atoms. The first-order valence-corrected chi connectivity index (χ1v) is 6.41. The lowest BCUT2D eigenvalue weighted by Gasteiger charge is -2.29. The molecule has 2 rings (SSSR count). The normalized spacial score (nSPS) is 27.2. The molecule has 1 N–H and O–H groups in total. The smallest absolute Gasteiger partial charge is 0.312 e. The number of halogens is 1. The zero-order valence-corrected chi connectivity index (χ0v) is 11.7. The highest BCUT2D eigenvalue weighted by Crippen LogP contribution is 2.33. The van der Waals surface area contributed by atoms with Crippen LogP contribution in [0.1, 0.15) is 20.3 Å². The Bertz CT molecular complexity index is 483. The van der Waals surface area contributed by atoms with E-state index >= 15 is 0 Å². The van der Waals surface area contributed by atoms with Gasteiger partial charge in [-0.1, -0.05) is 0 Å². The number of nitrogens with zero attached hydrogens (tertiary/aromatic N) is 2. The summed E-state index contributed by atoms with van der Waals surface area (Å²) in [5.41, 5.74) is -0.365. The van der Waals surface area contributed by atoms with E-state index in [1.807, 2.05) is 13.8 Å². The van der Waals surface area contributed by atoms with E-state index in [0.29, 0.717) is 11.1 Å². The zero-order valence-electron chi connectivity index (χ0n) is 10.1. The maximum Gasteiger partial charge on any atom is 0.312 e. The summed E-state index contributed by atoms with van der Waals surface area (Å²) in [5, 5.41) is 14.2. The van der Waals surface area contributed by atoms with Crippen LogP contribution >= 0.6 is 15.9 Å². The van der Waals surface area contributed by atoms with E-state index in [2.05, 4.69) is 26.2 Å². The van der Waals surface area contributed by atoms with Gasteiger partial charge in [0.25, 0.3) is 0 Å². The minimum Gasteiger partial charge on any atom is -0.376 e. The molecule has 0 bridgehead atoms. The summed E-state index contributed by atoms with van der Waals surface area (Å²) in [6, 6.07) is 1.44. The average molecular weight is 316 g/mol. The van der Waals surface area contributed by atoms with Crippen LogP contribution in [0.25, 0.3) is 0 Å². The van der Waals surface area contributed by atoms with Crippen molar-refractivity contribution in [3.63, 3.8) is 0 Å². The molecular formula is C11H14BrN3O3. The molecule has 18 heavy (non-hydrogen) atoms. The Morgan fingerprint density at radius 2 is 2.44 bits per heavy atom. The standard InChI is InChI=1S/C11H14BrN3O3/c1-7-11(2,3-4-18-7)14-10-9(15(16)17)5-8(12)6-13-10/h5-7H,3-4H2,1-2H3,(H,13,14). The van der Waals surface area contributed by atoms with Crippen LogP contribution in [0.3, 0.4) is 0 Å². The van der Waals surface area contributed by atoms with Crippen LogP contribution in [0.5, 0.6) is 0 Å². The van der Waals surface area contributed by atoms with Crippen molar-refractivity contribution < 1.29 is 9.66 Å². The highest BCUT2D eigenvalue weighted by molar-refractivity contribution is 9.10. The Balaban J connectivity index is 2.31. The fraction of sp³-hybridized carbons (Fsp3) is 0.545. The Hall–Kier alpha value is -1.21. The third-order valence-corrected chi connectivity index (χ3v) is 3.76. The highest BCUT2D eigenvalue weighted by Gasteiger charge is 2.38. The first kappa shape index (κ1) is 13.2. The number of hydrogen-bond acceptors (Lipinski definition) is 5. The molecule has 0 aromatic carbocycles. The third kappa shape index (κ3) is 2.46. The summed E-state index contributed by atoms with van der Waals surface area (Å²) in [6.07, 6.45) is 2.32. The second kappa shape index (κ2) is 4.81. The first-order valence-electron chi connectivity index (χ1n) is 5.62. The highest BCUT2D eigenvalue weighted by atomic mass is 79.9. The van der Waals surface area contributed by atoms with Gasteiger partial charge in [-0.25, -0.2) is 4.98 Å². The Labute approximate surface area is 113 Å². The fourth-order valence-corrected chi connectivity index (χ4v) is 2.25. The first-order chi connectivity index (χ1) is 8.42. The van der Waals surface area contributed by atoms with Crippen LogP contribution in [-0.2, 0) is 4.74 Å². The van der Waals surface area contributed by atoms with Gasteiger partial charge in [-0.05, 0) is 36.2 Å². The SMILES string of the molecule is CC1OCCC1(C)Nc1ncc(Br)cc1[N+](=O)[O-]. The minimum atomic E-state index is -0.441. The summed E-state index contributed by atoms with van der Waals surface area (Å²) in [4.78, 5) is 14.7. The van der Waals surface area contributed by atoms with Crippen LogP contribution in [0.2, 0.25) is 0 Å². The maximum atomic E-state index is 11.0. The Morgan fingerprint density at radius 1 is 1.72 bits per heavy atom. The third-order valence-electron chi connectivity index (χ3n) is 3.32. The van der Waals surface area contributed by atoms with Gasteiger partial charge in [-0.15, -0.1) is 0 Å². The number of nitro groups is 1. The fourth-order valence-electron chi connectivity index (χ4n) is 1.93. The number of aromatic nitrogens is 1. The Morgan fingerprint density at radius 3 is 3.00 bits per heavy atom. The molecule has 0 saturated carbocycles. The van der Waals surface area contributed by atoms with Gasteiger partial charge in [-0.3, -0.25) is 10.1 Å². The molecule has 0 aliphatic carbocycles. The lowest BCUT2D eigenvalue weighted by atomic mass is 9.94. The molecule has 1 aliphatic rings. The summed E-state index contributed by atoms with van der Waals surface area (Å²) in [7, 11) is 0. The van der Waals surface area contributed by atoms with Crippen LogP contribution in [0, 0.1) is 10.1 Å². The van der Waals surface area contributed by atoms with E-state index in [1.54, 1.807) is 6.20 Å². The molecule has 1 aromatic heterocycles. The van der Waals surface area contributed by atoms with Crippen molar-refractivity contribution in [2.24, 2.45) is 0 Å². The molecule has 0 amide bonds. The van der Waals surface area contributed by atoms with Crippen LogP contribution in [-0.4, -0.2) is 28.2 Å². The van der Waals surface area contributed by atoms with Crippen LogP contribution < -0.4 is 5.32 Å². The Kier molecular flexibility index (Phi) is 3.54. The van der Waals surface area contributed by atoms with E-state index in [-0.39, 0.29) is 23.1 Å². The van der Waals surface area contributed by atoms with Gasteiger partial charge in [0, 0.05) is 23.3 Å². The van der Waals surface area contributed by atoms with E-state index in [4.69, 9.17) is 4.74 Å². The zero-order chi connectivity index (χ0) is 13.3. The minimum absolute atomic E-state index is 0.0115. The topological polar surface area (TPSA) is 77.3 Å². The number of nitrogens with one attached hydrogen (secondary N) is 1. The average Bonchev–Trinajstić information content (AvgIpc) is 2.61. The van der Waals surface area contributed by atoms with E-state index in [0.717, 1.165) is 6.42 Å². The second-order valence-corrected chi connectivity index (χ2v) is 5.50. The van der Waals surface area contributed by atoms with Crippen molar-refractivity contribution in [2.75, 3.05) is 11.9 Å². The molecular weight excluding hydrogens is 302 g/mol. The number of anilines is 1. The number of pyridine rings is 1. The summed E-state index contributed by atoms with van der Waals surface area (Å²) < 4.78 is 6.08. The molecule has 1 aromatic rings. The van der Waals surface area contributed by atoms with Gasteiger partial charge in [0.05, 0.1) is 16.6 Å².